The largest absolute Gasteiger partial charge is 0.493 e. The van der Waals surface area contributed by atoms with Crippen molar-refractivity contribution in [2.75, 3.05) is 21.3 Å². The number of hydrazine groups is 1. The van der Waals surface area contributed by atoms with Gasteiger partial charge in [-0.2, -0.15) is 0 Å². The Morgan fingerprint density at radius 2 is 1.71 bits per heavy atom. The molecule has 0 bridgehead atoms. The van der Waals surface area contributed by atoms with Gasteiger partial charge in [0, 0.05) is 19.4 Å². The number of ether oxygens (including phenoxy) is 3. The Balaban J connectivity index is 2.48. The third kappa shape index (κ3) is 2.94. The summed E-state index contributed by atoms with van der Waals surface area (Å²) in [5, 5.41) is 0. The Hall–Kier alpha value is -2.24. The van der Waals surface area contributed by atoms with Crippen LogP contribution in [0.5, 0.6) is 17.2 Å². The second kappa shape index (κ2) is 5.63. The maximum absolute atomic E-state index is 11.6. The van der Waals surface area contributed by atoms with Crippen molar-refractivity contribution in [1.82, 2.24) is 5.43 Å². The highest BCUT2D eigenvalue weighted by Crippen LogP contribution is 2.37. The molecule has 1 aromatic carbocycles. The van der Waals surface area contributed by atoms with Gasteiger partial charge in [-0.15, -0.1) is 10.1 Å². The number of benzene rings is 1. The van der Waals surface area contributed by atoms with E-state index in [1.165, 1.54) is 0 Å². The van der Waals surface area contributed by atoms with Crippen LogP contribution in [0.3, 0.4) is 0 Å². The molecule has 2 rings (SSSR count). The molecule has 0 aromatic heterocycles. The van der Waals surface area contributed by atoms with E-state index in [1.807, 2.05) is 32.2 Å². The second-order valence-corrected chi connectivity index (χ2v) is 5.48. The maximum atomic E-state index is 11.6. The zero-order valence-corrected chi connectivity index (χ0v) is 13.0. The fourth-order valence-electron chi connectivity index (χ4n) is 2.34. The van der Waals surface area contributed by atoms with Crippen LogP contribution in [-0.4, -0.2) is 43.7 Å². The molecule has 1 aliphatic heterocycles. The number of methoxy groups -OCH3 is 3. The topological polar surface area (TPSA) is 59.8 Å². The highest BCUT2D eigenvalue weighted by Gasteiger charge is 2.42. The number of hydrogen-bond donors (Lipinski definition) is 1. The van der Waals surface area contributed by atoms with Gasteiger partial charge < -0.3 is 14.2 Å². The van der Waals surface area contributed by atoms with E-state index in [-0.39, 0.29) is 11.4 Å². The Bertz CT molecular complexity index is 568. The first-order valence-electron chi connectivity index (χ1n) is 6.65. The molecule has 0 aliphatic carbocycles. The lowest BCUT2D eigenvalue weighted by molar-refractivity contribution is -0.620. The molecule has 1 amide bonds. The molecule has 0 saturated carbocycles. The number of hydrazone groups is 1. The van der Waals surface area contributed by atoms with E-state index in [0.29, 0.717) is 23.7 Å². The van der Waals surface area contributed by atoms with Crippen LogP contribution in [0.2, 0.25) is 0 Å². The number of amides is 1. The summed E-state index contributed by atoms with van der Waals surface area (Å²) in [5.41, 5.74) is 3.39. The summed E-state index contributed by atoms with van der Waals surface area (Å²) in [6, 6.07) is 3.67. The first kappa shape index (κ1) is 15.2. The van der Waals surface area contributed by atoms with Crippen molar-refractivity contribution < 1.29 is 23.7 Å². The summed E-state index contributed by atoms with van der Waals surface area (Å²) in [5.74, 6) is 1.70. The van der Waals surface area contributed by atoms with Crippen LogP contribution in [-0.2, 0) is 4.79 Å². The molecule has 0 radical (unpaired) electrons. The Kier molecular flexibility index (Phi) is 4.06. The molecule has 0 spiro atoms. The molecule has 6 heteroatoms. The number of carbonyl (C=O) groups excluding carboxylic acids is 1. The maximum Gasteiger partial charge on any atom is 0.281 e. The lowest BCUT2D eigenvalue weighted by Gasteiger charge is -2.13. The molecule has 1 heterocycles. The molecular formula is C15H21N2O4+. The summed E-state index contributed by atoms with van der Waals surface area (Å²) in [6.45, 7) is 4.00. The molecule has 1 N–H and O–H groups in total. The summed E-state index contributed by atoms with van der Waals surface area (Å²) in [6.07, 6.45) is 2.31. The van der Waals surface area contributed by atoms with E-state index in [4.69, 9.17) is 14.2 Å². The highest BCUT2D eigenvalue weighted by molar-refractivity contribution is 5.82. The SMILES string of the molecule is COc1cc(/C=[N+]2/NC(=O)CC2(C)C)cc(OC)c1OC. The van der Waals surface area contributed by atoms with Crippen LogP contribution >= 0.6 is 0 Å². The number of rotatable bonds is 4. The molecule has 1 aliphatic rings. The zero-order valence-electron chi connectivity index (χ0n) is 13.0. The molecular weight excluding hydrogens is 272 g/mol. The fraction of sp³-hybridized carbons (Fsp3) is 0.467. The minimum Gasteiger partial charge on any atom is -0.493 e. The predicted molar refractivity (Wildman–Crippen MR) is 78.4 cm³/mol. The van der Waals surface area contributed by atoms with E-state index in [2.05, 4.69) is 5.43 Å². The third-order valence-corrected chi connectivity index (χ3v) is 3.46. The summed E-state index contributed by atoms with van der Waals surface area (Å²) in [7, 11) is 4.71. The van der Waals surface area contributed by atoms with E-state index in [1.54, 1.807) is 26.0 Å². The Morgan fingerprint density at radius 1 is 1.14 bits per heavy atom. The third-order valence-electron chi connectivity index (χ3n) is 3.46. The number of nitrogens with one attached hydrogen (secondary N) is 1. The minimum atomic E-state index is -0.280. The van der Waals surface area contributed by atoms with Crippen molar-refractivity contribution in [1.29, 1.82) is 0 Å². The molecule has 1 saturated heterocycles. The van der Waals surface area contributed by atoms with Crippen molar-refractivity contribution in [3.05, 3.63) is 17.7 Å². The van der Waals surface area contributed by atoms with E-state index in [0.717, 1.165) is 5.56 Å². The lowest BCUT2D eigenvalue weighted by Crippen LogP contribution is -2.36. The van der Waals surface area contributed by atoms with Crippen LogP contribution in [0.25, 0.3) is 0 Å². The standard InChI is InChI=1S/C15H20N2O4/c1-15(2)8-13(18)16-17(15)9-10-6-11(19-3)14(21-5)12(7-10)20-4/h6-7,9H,8H2,1-5H3/p+1/b17-9+. The quantitative estimate of drug-likeness (QED) is 0.852. The van der Waals surface area contributed by atoms with Crippen molar-refractivity contribution in [3.63, 3.8) is 0 Å². The van der Waals surface area contributed by atoms with Crippen molar-refractivity contribution in [2.45, 2.75) is 25.8 Å². The number of carbonyl (C=O) groups is 1. The van der Waals surface area contributed by atoms with Gasteiger partial charge in [0.1, 0.15) is 0 Å². The van der Waals surface area contributed by atoms with Gasteiger partial charge in [-0.25, -0.2) is 0 Å². The summed E-state index contributed by atoms with van der Waals surface area (Å²) in [4.78, 5) is 11.6. The normalized spacial score (nSPS) is 18.5. The van der Waals surface area contributed by atoms with Gasteiger partial charge in [-0.3, -0.25) is 4.79 Å². The van der Waals surface area contributed by atoms with Gasteiger partial charge in [0.25, 0.3) is 5.91 Å². The Labute approximate surface area is 124 Å². The molecule has 0 unspecified atom stereocenters. The molecule has 0 atom stereocenters. The van der Waals surface area contributed by atoms with Crippen molar-refractivity contribution in [2.24, 2.45) is 0 Å². The lowest BCUT2D eigenvalue weighted by atomic mass is 10.0. The smallest absolute Gasteiger partial charge is 0.281 e. The van der Waals surface area contributed by atoms with Crippen LogP contribution in [0.1, 0.15) is 25.8 Å². The second-order valence-electron chi connectivity index (χ2n) is 5.48. The van der Waals surface area contributed by atoms with Gasteiger partial charge in [-0.1, -0.05) is 0 Å². The number of hydrogen-bond acceptors (Lipinski definition) is 4. The van der Waals surface area contributed by atoms with Gasteiger partial charge >= 0.3 is 0 Å². The average Bonchev–Trinajstić information content (AvgIpc) is 2.69. The fourth-order valence-corrected chi connectivity index (χ4v) is 2.34. The van der Waals surface area contributed by atoms with Crippen LogP contribution in [0.15, 0.2) is 12.1 Å². The van der Waals surface area contributed by atoms with E-state index < -0.39 is 0 Å². The van der Waals surface area contributed by atoms with Gasteiger partial charge in [0.05, 0.1) is 27.8 Å². The highest BCUT2D eigenvalue weighted by atomic mass is 16.5. The van der Waals surface area contributed by atoms with Gasteiger partial charge in [-0.05, 0) is 12.1 Å². The first-order chi connectivity index (χ1) is 9.91. The summed E-state index contributed by atoms with van der Waals surface area (Å²) < 4.78 is 17.7. The zero-order chi connectivity index (χ0) is 15.6. The Morgan fingerprint density at radius 3 is 2.10 bits per heavy atom. The molecule has 6 nitrogen and oxygen atoms in total. The van der Waals surface area contributed by atoms with Crippen LogP contribution < -0.4 is 19.6 Å². The van der Waals surface area contributed by atoms with Crippen LogP contribution in [0, 0.1) is 0 Å². The summed E-state index contributed by atoms with van der Waals surface area (Å²) >= 11 is 0. The van der Waals surface area contributed by atoms with Crippen molar-refractivity contribution in [3.8, 4) is 17.2 Å². The monoisotopic (exact) mass is 293 g/mol. The molecule has 21 heavy (non-hydrogen) atoms. The van der Waals surface area contributed by atoms with Crippen LogP contribution in [0.4, 0.5) is 0 Å². The van der Waals surface area contributed by atoms with E-state index in [9.17, 15) is 4.79 Å². The van der Waals surface area contributed by atoms with Gasteiger partial charge in [0.15, 0.2) is 17.0 Å². The molecule has 114 valence electrons. The van der Waals surface area contributed by atoms with Gasteiger partial charge in [0.2, 0.25) is 12.0 Å². The average molecular weight is 293 g/mol. The minimum absolute atomic E-state index is 0.00342. The molecule has 1 aromatic rings. The predicted octanol–water partition coefficient (Wildman–Crippen LogP) is 1.36. The van der Waals surface area contributed by atoms with Crippen molar-refractivity contribution >= 4 is 12.1 Å². The number of nitrogens with zero attached hydrogens (tertiary/aromatic N) is 1. The molecule has 1 fully saturated rings. The first-order valence-corrected chi connectivity index (χ1v) is 6.65. The van der Waals surface area contributed by atoms with E-state index >= 15 is 0 Å².